The van der Waals surface area contributed by atoms with E-state index in [1.807, 2.05) is 6.92 Å². The van der Waals surface area contributed by atoms with Crippen molar-refractivity contribution in [2.45, 2.75) is 13.5 Å². The predicted octanol–water partition coefficient (Wildman–Crippen LogP) is 3.79. The maximum Gasteiger partial charge on any atom is 0.275 e. The standard InChI is InChI=1S/C13H11BrClFN2O2S/c1-6-7(2-12(21-6)13(19)18-17)5-20-11-4-10(16)9(15)3-8(11)14/h2-4H,5,17H2,1H3,(H,18,19). The minimum Gasteiger partial charge on any atom is -0.488 e. The molecule has 0 saturated heterocycles. The first-order valence-corrected chi connectivity index (χ1v) is 7.78. The third-order valence-corrected chi connectivity index (χ3v) is 4.73. The summed E-state index contributed by atoms with van der Waals surface area (Å²) >= 11 is 10.2. The van der Waals surface area contributed by atoms with Crippen LogP contribution in [0.1, 0.15) is 20.1 Å². The molecule has 3 N–H and O–H groups in total. The molecule has 0 fully saturated rings. The van der Waals surface area contributed by atoms with Crippen LogP contribution in [0.5, 0.6) is 5.75 Å². The average Bonchev–Trinajstić information content (AvgIpc) is 2.82. The van der Waals surface area contributed by atoms with Crippen molar-refractivity contribution in [1.82, 2.24) is 5.43 Å². The van der Waals surface area contributed by atoms with E-state index in [1.54, 1.807) is 6.07 Å². The molecule has 2 aromatic rings. The first-order chi connectivity index (χ1) is 9.92. The SMILES string of the molecule is Cc1sc(C(=O)NN)cc1COc1cc(F)c(Cl)cc1Br. The van der Waals surface area contributed by atoms with Crippen LogP contribution in [0.4, 0.5) is 4.39 Å². The van der Waals surface area contributed by atoms with E-state index in [0.29, 0.717) is 15.1 Å². The van der Waals surface area contributed by atoms with E-state index in [4.69, 9.17) is 22.2 Å². The summed E-state index contributed by atoms with van der Waals surface area (Å²) in [5.41, 5.74) is 2.91. The number of hydrogen-bond donors (Lipinski definition) is 2. The zero-order valence-corrected chi connectivity index (χ0v) is 14.0. The fourth-order valence-electron chi connectivity index (χ4n) is 1.62. The van der Waals surface area contributed by atoms with Crippen LogP contribution in [-0.2, 0) is 6.61 Å². The monoisotopic (exact) mass is 392 g/mol. The molecule has 0 aliphatic carbocycles. The molecule has 0 aliphatic rings. The molecular formula is C13H11BrClFN2O2S. The van der Waals surface area contributed by atoms with Crippen molar-refractivity contribution >= 4 is 44.8 Å². The summed E-state index contributed by atoms with van der Waals surface area (Å²) < 4.78 is 19.5. The van der Waals surface area contributed by atoms with Crippen LogP contribution in [0.2, 0.25) is 5.02 Å². The maximum atomic E-state index is 13.4. The number of nitrogens with one attached hydrogen (secondary N) is 1. The Kier molecular flexibility index (Phi) is 5.21. The van der Waals surface area contributed by atoms with E-state index in [0.717, 1.165) is 10.4 Å². The van der Waals surface area contributed by atoms with Gasteiger partial charge in [-0.2, -0.15) is 0 Å². The molecule has 0 unspecified atom stereocenters. The molecule has 0 spiro atoms. The van der Waals surface area contributed by atoms with Crippen LogP contribution in [0, 0.1) is 12.7 Å². The summed E-state index contributed by atoms with van der Waals surface area (Å²) in [5, 5.41) is 0.0165. The highest BCUT2D eigenvalue weighted by atomic mass is 79.9. The van der Waals surface area contributed by atoms with Crippen molar-refractivity contribution in [3.05, 3.63) is 48.8 Å². The minimum atomic E-state index is -0.555. The number of carbonyl (C=O) groups is 1. The van der Waals surface area contributed by atoms with Crippen LogP contribution >= 0.6 is 38.9 Å². The molecule has 2 rings (SSSR count). The van der Waals surface area contributed by atoms with E-state index in [9.17, 15) is 9.18 Å². The van der Waals surface area contributed by atoms with Gasteiger partial charge in [-0.3, -0.25) is 10.2 Å². The van der Waals surface area contributed by atoms with E-state index in [1.165, 1.54) is 23.5 Å². The van der Waals surface area contributed by atoms with Crippen LogP contribution in [0.3, 0.4) is 0 Å². The summed E-state index contributed by atoms with van der Waals surface area (Å²) in [4.78, 5) is 12.9. The highest BCUT2D eigenvalue weighted by Crippen LogP contribution is 2.32. The second-order valence-corrected chi connectivity index (χ2v) is 6.67. The number of thiophene rings is 1. The number of aryl methyl sites for hydroxylation is 1. The lowest BCUT2D eigenvalue weighted by Gasteiger charge is -2.08. The van der Waals surface area contributed by atoms with Gasteiger partial charge in [-0.25, -0.2) is 10.2 Å². The Balaban J connectivity index is 2.15. The molecule has 0 radical (unpaired) electrons. The van der Waals surface area contributed by atoms with Gasteiger partial charge in [-0.1, -0.05) is 11.6 Å². The van der Waals surface area contributed by atoms with Crippen molar-refractivity contribution < 1.29 is 13.9 Å². The van der Waals surface area contributed by atoms with E-state index in [-0.39, 0.29) is 17.5 Å². The predicted molar refractivity (Wildman–Crippen MR) is 84.2 cm³/mol. The Bertz CT molecular complexity index is 693. The molecule has 0 bridgehead atoms. The number of nitrogen functional groups attached to an aromatic ring is 1. The van der Waals surface area contributed by atoms with Gasteiger partial charge in [0.15, 0.2) is 0 Å². The van der Waals surface area contributed by atoms with Gasteiger partial charge in [-0.05, 0) is 35.0 Å². The van der Waals surface area contributed by atoms with Gasteiger partial charge in [0, 0.05) is 16.5 Å². The fraction of sp³-hybridized carbons (Fsp3) is 0.154. The summed E-state index contributed by atoms with van der Waals surface area (Å²) in [5.74, 6) is 4.53. The smallest absolute Gasteiger partial charge is 0.275 e. The number of halogens is 3. The number of amides is 1. The van der Waals surface area contributed by atoms with Crippen LogP contribution in [-0.4, -0.2) is 5.91 Å². The van der Waals surface area contributed by atoms with Gasteiger partial charge in [0.05, 0.1) is 14.4 Å². The number of benzene rings is 1. The molecule has 4 nitrogen and oxygen atoms in total. The topological polar surface area (TPSA) is 64.4 Å². The molecule has 1 aromatic carbocycles. The van der Waals surface area contributed by atoms with Crippen LogP contribution in [0.15, 0.2) is 22.7 Å². The molecule has 0 aliphatic heterocycles. The molecule has 1 aromatic heterocycles. The third-order valence-electron chi connectivity index (χ3n) is 2.73. The lowest BCUT2D eigenvalue weighted by molar-refractivity contribution is 0.0957. The molecule has 112 valence electrons. The van der Waals surface area contributed by atoms with Crippen molar-refractivity contribution in [2.75, 3.05) is 0 Å². The Hall–Kier alpha value is -1.15. The fourth-order valence-corrected chi connectivity index (χ4v) is 3.30. The van der Waals surface area contributed by atoms with Gasteiger partial charge in [0.1, 0.15) is 18.2 Å². The van der Waals surface area contributed by atoms with Crippen LogP contribution < -0.4 is 16.0 Å². The molecular weight excluding hydrogens is 383 g/mol. The maximum absolute atomic E-state index is 13.4. The average molecular weight is 394 g/mol. The molecule has 1 heterocycles. The van der Waals surface area contributed by atoms with Gasteiger partial charge in [0.25, 0.3) is 5.91 Å². The summed E-state index contributed by atoms with van der Waals surface area (Å²) in [7, 11) is 0. The van der Waals surface area contributed by atoms with Gasteiger partial charge < -0.3 is 4.74 Å². The number of nitrogens with two attached hydrogens (primary N) is 1. The van der Waals surface area contributed by atoms with Crippen molar-refractivity contribution in [3.8, 4) is 5.75 Å². The largest absolute Gasteiger partial charge is 0.488 e. The highest BCUT2D eigenvalue weighted by Gasteiger charge is 2.13. The number of ether oxygens (including phenoxy) is 1. The second kappa shape index (κ2) is 6.74. The van der Waals surface area contributed by atoms with Gasteiger partial charge >= 0.3 is 0 Å². The van der Waals surface area contributed by atoms with E-state index in [2.05, 4.69) is 21.4 Å². The molecule has 0 saturated carbocycles. The molecule has 1 amide bonds. The molecule has 8 heteroatoms. The second-order valence-electron chi connectivity index (χ2n) is 4.15. The molecule has 21 heavy (non-hydrogen) atoms. The highest BCUT2D eigenvalue weighted by molar-refractivity contribution is 9.10. The van der Waals surface area contributed by atoms with Gasteiger partial charge in [0.2, 0.25) is 0 Å². The Morgan fingerprint density at radius 2 is 2.24 bits per heavy atom. The number of hydrazine groups is 1. The minimum absolute atomic E-state index is 0.0165. The Morgan fingerprint density at radius 1 is 1.52 bits per heavy atom. The van der Waals surface area contributed by atoms with E-state index >= 15 is 0 Å². The van der Waals surface area contributed by atoms with Crippen LogP contribution in [0.25, 0.3) is 0 Å². The Labute approximate surface area is 138 Å². The summed E-state index contributed by atoms with van der Waals surface area (Å²) in [6.07, 6.45) is 0. The lowest BCUT2D eigenvalue weighted by Crippen LogP contribution is -2.29. The lowest BCUT2D eigenvalue weighted by atomic mass is 10.2. The normalized spacial score (nSPS) is 10.5. The number of rotatable bonds is 4. The van der Waals surface area contributed by atoms with Crippen molar-refractivity contribution in [3.63, 3.8) is 0 Å². The number of hydrogen-bond acceptors (Lipinski definition) is 4. The first-order valence-electron chi connectivity index (χ1n) is 5.80. The quantitative estimate of drug-likeness (QED) is 0.359. The Morgan fingerprint density at radius 3 is 2.90 bits per heavy atom. The first kappa shape index (κ1) is 16.2. The molecule has 0 atom stereocenters. The number of carbonyl (C=O) groups excluding carboxylic acids is 1. The van der Waals surface area contributed by atoms with Gasteiger partial charge in [-0.15, -0.1) is 11.3 Å². The zero-order valence-electron chi connectivity index (χ0n) is 10.9. The zero-order chi connectivity index (χ0) is 15.6. The van der Waals surface area contributed by atoms with E-state index < -0.39 is 5.82 Å². The third kappa shape index (κ3) is 3.74. The van der Waals surface area contributed by atoms with Crippen molar-refractivity contribution in [2.24, 2.45) is 5.84 Å². The summed E-state index contributed by atoms with van der Waals surface area (Å²) in [6.45, 7) is 2.08. The van der Waals surface area contributed by atoms with Crippen molar-refractivity contribution in [1.29, 1.82) is 0 Å². The summed E-state index contributed by atoms with van der Waals surface area (Å²) in [6, 6.07) is 4.34.